The number of hydrogen-bond donors (Lipinski definition) is 0. The van der Waals surface area contributed by atoms with Crippen molar-refractivity contribution in [3.05, 3.63) is 0 Å². The summed E-state index contributed by atoms with van der Waals surface area (Å²) in [6.07, 6.45) is 0. The molecule has 0 aromatic rings. The summed E-state index contributed by atoms with van der Waals surface area (Å²) in [5.41, 5.74) is 0. The van der Waals surface area contributed by atoms with Gasteiger partial charge in [0.2, 0.25) is 5.91 Å². The molecule has 4 heteroatoms. The van der Waals surface area contributed by atoms with Crippen LogP contribution in [-0.2, 0) is 4.79 Å². The van der Waals surface area contributed by atoms with Gasteiger partial charge in [-0.15, -0.1) is 0 Å². The molecule has 0 unspecified atom stereocenters. The van der Waals surface area contributed by atoms with Gasteiger partial charge in [0.1, 0.15) is 0 Å². The van der Waals surface area contributed by atoms with E-state index in [9.17, 15) is 4.79 Å². The van der Waals surface area contributed by atoms with Crippen LogP contribution in [0.3, 0.4) is 0 Å². The predicted molar refractivity (Wildman–Crippen MR) is 61.8 cm³/mol. The maximum Gasteiger partial charge on any atom is 0.236 e. The summed E-state index contributed by atoms with van der Waals surface area (Å²) in [6.45, 7) is 8.57. The van der Waals surface area contributed by atoms with Crippen molar-refractivity contribution in [1.29, 1.82) is 0 Å². The molecule has 0 aliphatic carbocycles. The third-order valence-corrected chi connectivity index (χ3v) is 2.90. The van der Waals surface area contributed by atoms with Crippen LogP contribution in [0.2, 0.25) is 0 Å². The second kappa shape index (κ2) is 5.47. The molecule has 15 heavy (non-hydrogen) atoms. The molecule has 4 nitrogen and oxygen atoms in total. The fourth-order valence-electron chi connectivity index (χ4n) is 1.72. The smallest absolute Gasteiger partial charge is 0.236 e. The lowest BCUT2D eigenvalue weighted by atomic mass is 10.2. The lowest BCUT2D eigenvalue weighted by Gasteiger charge is -2.36. The molecule has 1 heterocycles. The van der Waals surface area contributed by atoms with Gasteiger partial charge in [0.15, 0.2) is 0 Å². The first kappa shape index (κ1) is 12.5. The van der Waals surface area contributed by atoms with Crippen molar-refractivity contribution in [3.63, 3.8) is 0 Å². The van der Waals surface area contributed by atoms with Gasteiger partial charge in [-0.2, -0.15) is 0 Å². The number of carbonyl (C=O) groups excluding carboxylic acids is 1. The summed E-state index contributed by atoms with van der Waals surface area (Å²) in [7, 11) is 4.07. The highest BCUT2D eigenvalue weighted by Gasteiger charge is 2.24. The minimum Gasteiger partial charge on any atom is -0.339 e. The lowest BCUT2D eigenvalue weighted by molar-refractivity contribution is -0.136. The van der Waals surface area contributed by atoms with Gasteiger partial charge in [-0.05, 0) is 27.9 Å². The first-order chi connectivity index (χ1) is 7.00. The summed E-state index contributed by atoms with van der Waals surface area (Å²) < 4.78 is 0. The Morgan fingerprint density at radius 3 is 2.47 bits per heavy atom. The zero-order valence-electron chi connectivity index (χ0n) is 10.4. The van der Waals surface area contributed by atoms with Crippen molar-refractivity contribution in [2.45, 2.75) is 19.9 Å². The molecule has 0 saturated carbocycles. The van der Waals surface area contributed by atoms with Crippen LogP contribution < -0.4 is 0 Å². The summed E-state index contributed by atoms with van der Waals surface area (Å²) in [4.78, 5) is 18.1. The molecule has 0 aromatic heterocycles. The number of piperazine rings is 1. The average molecular weight is 213 g/mol. The van der Waals surface area contributed by atoms with Gasteiger partial charge >= 0.3 is 0 Å². The molecule has 88 valence electrons. The molecular weight excluding hydrogens is 190 g/mol. The van der Waals surface area contributed by atoms with E-state index < -0.39 is 0 Å². The molecule has 1 rings (SSSR count). The Kier molecular flexibility index (Phi) is 4.54. The Morgan fingerprint density at radius 2 is 2.00 bits per heavy atom. The van der Waals surface area contributed by atoms with Gasteiger partial charge in [0, 0.05) is 32.2 Å². The third-order valence-electron chi connectivity index (χ3n) is 2.90. The van der Waals surface area contributed by atoms with E-state index in [1.54, 1.807) is 0 Å². The van der Waals surface area contributed by atoms with E-state index in [0.717, 1.165) is 26.2 Å². The molecule has 1 amide bonds. The molecule has 0 spiro atoms. The Hall–Kier alpha value is -0.610. The van der Waals surface area contributed by atoms with Crippen LogP contribution in [0.25, 0.3) is 0 Å². The Balaban J connectivity index is 2.36. The molecule has 1 aliphatic heterocycles. The first-order valence-electron chi connectivity index (χ1n) is 5.67. The van der Waals surface area contributed by atoms with Crippen LogP contribution >= 0.6 is 0 Å². The molecule has 0 N–H and O–H groups in total. The van der Waals surface area contributed by atoms with E-state index in [1.807, 2.05) is 19.0 Å². The van der Waals surface area contributed by atoms with Crippen molar-refractivity contribution >= 4 is 5.91 Å². The monoisotopic (exact) mass is 213 g/mol. The van der Waals surface area contributed by atoms with Crippen molar-refractivity contribution in [1.82, 2.24) is 14.7 Å². The Morgan fingerprint density at radius 1 is 1.33 bits per heavy atom. The van der Waals surface area contributed by atoms with Gasteiger partial charge in [-0.1, -0.05) is 0 Å². The maximum atomic E-state index is 11.8. The van der Waals surface area contributed by atoms with E-state index in [2.05, 4.69) is 23.6 Å². The number of carbonyl (C=O) groups is 1. The Bertz CT molecular complexity index is 216. The van der Waals surface area contributed by atoms with Gasteiger partial charge in [0.05, 0.1) is 6.54 Å². The van der Waals surface area contributed by atoms with Crippen LogP contribution in [-0.4, -0.2) is 73.5 Å². The topological polar surface area (TPSA) is 26.8 Å². The highest BCUT2D eigenvalue weighted by Crippen LogP contribution is 2.06. The van der Waals surface area contributed by atoms with Crippen molar-refractivity contribution in [3.8, 4) is 0 Å². The first-order valence-corrected chi connectivity index (χ1v) is 5.67. The van der Waals surface area contributed by atoms with Gasteiger partial charge in [0.25, 0.3) is 0 Å². The van der Waals surface area contributed by atoms with E-state index >= 15 is 0 Å². The van der Waals surface area contributed by atoms with Crippen LogP contribution in [0.5, 0.6) is 0 Å². The minimum atomic E-state index is 0.275. The Labute approximate surface area is 92.8 Å². The van der Waals surface area contributed by atoms with Gasteiger partial charge in [-0.3, -0.25) is 9.69 Å². The van der Waals surface area contributed by atoms with Crippen molar-refractivity contribution in [2.24, 2.45) is 0 Å². The SMILES string of the molecule is CC(C)N1CCN(CCN(C)C)C(=O)C1. The fourth-order valence-corrected chi connectivity index (χ4v) is 1.72. The van der Waals surface area contributed by atoms with Crippen LogP contribution in [0, 0.1) is 0 Å². The highest BCUT2D eigenvalue weighted by molar-refractivity contribution is 5.79. The zero-order chi connectivity index (χ0) is 11.4. The number of rotatable bonds is 4. The number of amides is 1. The number of hydrogen-bond acceptors (Lipinski definition) is 3. The largest absolute Gasteiger partial charge is 0.339 e. The van der Waals surface area contributed by atoms with Crippen molar-refractivity contribution in [2.75, 3.05) is 46.8 Å². The lowest BCUT2D eigenvalue weighted by Crippen LogP contribution is -2.53. The molecule has 0 aromatic carbocycles. The molecule has 1 fully saturated rings. The zero-order valence-corrected chi connectivity index (χ0v) is 10.4. The predicted octanol–water partition coefficient (Wildman–Crippen LogP) is 0.101. The number of likely N-dealkylation sites (N-methyl/N-ethyl adjacent to an activating group) is 1. The van der Waals surface area contributed by atoms with Gasteiger partial charge in [-0.25, -0.2) is 0 Å². The van der Waals surface area contributed by atoms with E-state index in [-0.39, 0.29) is 5.91 Å². The highest BCUT2D eigenvalue weighted by atomic mass is 16.2. The second-order valence-corrected chi connectivity index (χ2v) is 4.75. The summed E-state index contributed by atoms with van der Waals surface area (Å²) in [6, 6.07) is 0.477. The number of nitrogens with zero attached hydrogens (tertiary/aromatic N) is 3. The summed E-state index contributed by atoms with van der Waals surface area (Å²) in [5, 5.41) is 0. The van der Waals surface area contributed by atoms with Crippen LogP contribution in [0.4, 0.5) is 0 Å². The normalized spacial score (nSPS) is 19.3. The van der Waals surface area contributed by atoms with E-state index in [1.165, 1.54) is 0 Å². The summed E-state index contributed by atoms with van der Waals surface area (Å²) >= 11 is 0. The quantitative estimate of drug-likeness (QED) is 0.663. The van der Waals surface area contributed by atoms with Crippen molar-refractivity contribution < 1.29 is 4.79 Å². The van der Waals surface area contributed by atoms with E-state index in [4.69, 9.17) is 0 Å². The minimum absolute atomic E-state index is 0.275. The van der Waals surface area contributed by atoms with Crippen LogP contribution in [0.1, 0.15) is 13.8 Å². The standard InChI is InChI=1S/C11H23N3O/c1-10(2)14-8-7-13(11(15)9-14)6-5-12(3)4/h10H,5-9H2,1-4H3. The molecule has 1 saturated heterocycles. The fraction of sp³-hybridized carbons (Fsp3) is 0.909. The second-order valence-electron chi connectivity index (χ2n) is 4.75. The average Bonchev–Trinajstić information content (AvgIpc) is 2.15. The van der Waals surface area contributed by atoms with E-state index in [0.29, 0.717) is 12.6 Å². The summed E-state index contributed by atoms with van der Waals surface area (Å²) in [5.74, 6) is 0.275. The van der Waals surface area contributed by atoms with Gasteiger partial charge < -0.3 is 9.80 Å². The molecule has 0 radical (unpaired) electrons. The maximum absolute atomic E-state index is 11.8. The third kappa shape index (κ3) is 3.80. The molecular formula is C11H23N3O. The molecule has 0 bridgehead atoms. The molecule has 0 atom stereocenters. The molecule has 1 aliphatic rings. The van der Waals surface area contributed by atoms with Crippen LogP contribution in [0.15, 0.2) is 0 Å².